The third-order valence-electron chi connectivity index (χ3n) is 3.79. The second-order valence-electron chi connectivity index (χ2n) is 5.44. The minimum Gasteiger partial charge on any atom is -0.493 e. The van der Waals surface area contributed by atoms with Crippen molar-refractivity contribution >= 4 is 28.3 Å². The predicted octanol–water partition coefficient (Wildman–Crippen LogP) is 1.64. The minimum atomic E-state index is -0.297. The first-order chi connectivity index (χ1) is 12.7. The number of nitrogens with one attached hydrogen (secondary N) is 1. The molecule has 0 atom stereocenters. The van der Waals surface area contributed by atoms with Crippen molar-refractivity contribution in [3.05, 3.63) is 35.3 Å². The number of nitrogens with zero attached hydrogens (tertiary/aromatic N) is 2. The Morgan fingerprint density at radius 2 is 2.12 bits per heavy atom. The fourth-order valence-electron chi connectivity index (χ4n) is 2.43. The van der Waals surface area contributed by atoms with Crippen LogP contribution in [0.25, 0.3) is 0 Å². The highest BCUT2D eigenvalue weighted by molar-refractivity contribution is 7.13. The molecule has 138 valence electrons. The van der Waals surface area contributed by atoms with Gasteiger partial charge in [-0.1, -0.05) is 0 Å². The summed E-state index contributed by atoms with van der Waals surface area (Å²) in [6, 6.07) is 4.79. The van der Waals surface area contributed by atoms with Gasteiger partial charge >= 0.3 is 0 Å². The summed E-state index contributed by atoms with van der Waals surface area (Å²) < 4.78 is 16.1. The molecular formula is C17H19N3O5S. The average molecular weight is 377 g/mol. The van der Waals surface area contributed by atoms with Crippen molar-refractivity contribution in [3.8, 4) is 11.5 Å². The Balaban J connectivity index is 1.62. The molecule has 9 heteroatoms. The van der Waals surface area contributed by atoms with Gasteiger partial charge in [-0.3, -0.25) is 14.9 Å². The molecule has 2 amide bonds. The number of hydrogen-bond donors (Lipinski definition) is 1. The lowest BCUT2D eigenvalue weighted by atomic mass is 10.2. The Hall–Kier alpha value is -2.65. The number of carbonyl (C=O) groups excluding carboxylic acids is 2. The molecule has 8 nitrogen and oxygen atoms in total. The summed E-state index contributed by atoms with van der Waals surface area (Å²) in [6.07, 6.45) is 1.61. The van der Waals surface area contributed by atoms with Gasteiger partial charge in [0.1, 0.15) is 0 Å². The van der Waals surface area contributed by atoms with Crippen LogP contribution in [0.15, 0.2) is 29.8 Å². The van der Waals surface area contributed by atoms with Crippen molar-refractivity contribution in [2.75, 3.05) is 45.3 Å². The molecule has 0 saturated carbocycles. The van der Waals surface area contributed by atoms with Gasteiger partial charge in [-0.15, -0.1) is 11.3 Å². The molecule has 1 saturated heterocycles. The van der Waals surface area contributed by atoms with Crippen LogP contribution in [0.3, 0.4) is 0 Å². The third kappa shape index (κ3) is 4.50. The van der Waals surface area contributed by atoms with Crippen molar-refractivity contribution in [2.24, 2.45) is 0 Å². The third-order valence-corrected chi connectivity index (χ3v) is 4.48. The van der Waals surface area contributed by atoms with E-state index in [-0.39, 0.29) is 18.4 Å². The van der Waals surface area contributed by atoms with Crippen LogP contribution in [0.4, 0.5) is 5.13 Å². The van der Waals surface area contributed by atoms with Crippen LogP contribution >= 0.6 is 11.3 Å². The summed E-state index contributed by atoms with van der Waals surface area (Å²) in [6.45, 7) is 2.11. The van der Waals surface area contributed by atoms with Crippen LogP contribution in [-0.2, 0) is 9.53 Å². The molecule has 0 unspecified atom stereocenters. The topological polar surface area (TPSA) is 90.0 Å². The van der Waals surface area contributed by atoms with E-state index in [1.54, 1.807) is 34.7 Å². The minimum absolute atomic E-state index is 0.0962. The Labute approximate surface area is 154 Å². The summed E-state index contributed by atoms with van der Waals surface area (Å²) >= 11 is 1.33. The number of benzene rings is 1. The largest absolute Gasteiger partial charge is 0.493 e. The van der Waals surface area contributed by atoms with Crippen LogP contribution in [0.5, 0.6) is 11.5 Å². The highest BCUT2D eigenvalue weighted by Crippen LogP contribution is 2.28. The van der Waals surface area contributed by atoms with Gasteiger partial charge in [-0.25, -0.2) is 4.98 Å². The zero-order chi connectivity index (χ0) is 18.4. The van der Waals surface area contributed by atoms with Crippen LogP contribution in [0, 0.1) is 0 Å². The van der Waals surface area contributed by atoms with Crippen molar-refractivity contribution in [3.63, 3.8) is 0 Å². The Bertz CT molecular complexity index is 760. The van der Waals surface area contributed by atoms with Crippen LogP contribution in [0.1, 0.15) is 10.4 Å². The predicted molar refractivity (Wildman–Crippen MR) is 96.0 cm³/mol. The lowest BCUT2D eigenvalue weighted by Gasteiger charge is -2.26. The second kappa shape index (κ2) is 8.63. The lowest BCUT2D eigenvalue weighted by molar-refractivity contribution is -0.137. The molecule has 0 aliphatic carbocycles. The number of rotatable bonds is 6. The summed E-state index contributed by atoms with van der Waals surface area (Å²) in [4.78, 5) is 30.1. The molecule has 2 heterocycles. The van der Waals surface area contributed by atoms with Crippen molar-refractivity contribution < 1.29 is 23.8 Å². The second-order valence-corrected chi connectivity index (χ2v) is 6.33. The van der Waals surface area contributed by atoms with Gasteiger partial charge in [0.2, 0.25) is 0 Å². The molecule has 0 spiro atoms. The Kier molecular flexibility index (Phi) is 6.03. The van der Waals surface area contributed by atoms with Crippen LogP contribution in [-0.4, -0.2) is 61.7 Å². The molecule has 0 bridgehead atoms. The first-order valence-electron chi connectivity index (χ1n) is 8.04. The molecule has 26 heavy (non-hydrogen) atoms. The van der Waals surface area contributed by atoms with E-state index in [1.807, 2.05) is 0 Å². The smallest absolute Gasteiger partial charge is 0.260 e. The van der Waals surface area contributed by atoms with Crippen molar-refractivity contribution in [1.29, 1.82) is 0 Å². The van der Waals surface area contributed by atoms with E-state index in [9.17, 15) is 9.59 Å². The fourth-order valence-corrected chi connectivity index (χ4v) is 2.95. The van der Waals surface area contributed by atoms with Gasteiger partial charge in [0.05, 0.1) is 20.3 Å². The summed E-state index contributed by atoms with van der Waals surface area (Å²) in [5, 5.41) is 5.00. The van der Waals surface area contributed by atoms with E-state index in [2.05, 4.69) is 10.3 Å². The monoisotopic (exact) mass is 377 g/mol. The van der Waals surface area contributed by atoms with Gasteiger partial charge < -0.3 is 19.1 Å². The number of thiazole rings is 1. The average Bonchev–Trinajstić information content (AvgIpc) is 3.19. The SMILES string of the molecule is COc1cc(C(=O)Nc2nccs2)ccc1OCC(=O)N1CCOCC1. The van der Waals surface area contributed by atoms with Crippen LogP contribution in [0.2, 0.25) is 0 Å². The standard InChI is InChI=1S/C17H19N3O5S/c1-23-14-10-12(16(22)19-17-18-4-9-26-17)2-3-13(14)25-11-15(21)20-5-7-24-8-6-20/h2-4,9-10H,5-8,11H2,1H3,(H,18,19,22). The molecule has 1 aliphatic heterocycles. The first kappa shape index (κ1) is 18.2. The first-order valence-corrected chi connectivity index (χ1v) is 8.92. The molecule has 1 aromatic heterocycles. The molecule has 1 aromatic carbocycles. The number of anilines is 1. The van der Waals surface area contributed by atoms with Gasteiger partial charge in [0.25, 0.3) is 11.8 Å². The molecule has 1 N–H and O–H groups in total. The number of ether oxygens (including phenoxy) is 3. The summed E-state index contributed by atoms with van der Waals surface area (Å²) in [7, 11) is 1.48. The maximum atomic E-state index is 12.3. The van der Waals surface area contributed by atoms with E-state index < -0.39 is 0 Å². The van der Waals surface area contributed by atoms with Gasteiger partial charge in [-0.05, 0) is 18.2 Å². The Morgan fingerprint density at radius 3 is 2.81 bits per heavy atom. The van der Waals surface area contributed by atoms with E-state index >= 15 is 0 Å². The molecule has 3 rings (SSSR count). The quantitative estimate of drug-likeness (QED) is 0.823. The zero-order valence-corrected chi connectivity index (χ0v) is 15.1. The van der Waals surface area contributed by atoms with E-state index in [4.69, 9.17) is 14.2 Å². The number of aromatic nitrogens is 1. The van der Waals surface area contributed by atoms with E-state index in [0.29, 0.717) is 48.5 Å². The van der Waals surface area contributed by atoms with Gasteiger partial charge in [-0.2, -0.15) is 0 Å². The number of carbonyl (C=O) groups is 2. The highest BCUT2D eigenvalue weighted by Gasteiger charge is 2.18. The molecule has 2 aromatic rings. The molecule has 1 fully saturated rings. The normalized spacial score (nSPS) is 14.0. The maximum absolute atomic E-state index is 12.3. The number of morpholine rings is 1. The summed E-state index contributed by atoms with van der Waals surface area (Å²) in [5.74, 6) is 0.376. The molecular weight excluding hydrogens is 358 g/mol. The number of amides is 2. The summed E-state index contributed by atoms with van der Waals surface area (Å²) in [5.41, 5.74) is 0.406. The molecule has 0 radical (unpaired) electrons. The van der Waals surface area contributed by atoms with Crippen LogP contribution < -0.4 is 14.8 Å². The van der Waals surface area contributed by atoms with Gasteiger partial charge in [0.15, 0.2) is 23.2 Å². The lowest BCUT2D eigenvalue weighted by Crippen LogP contribution is -2.43. The fraction of sp³-hybridized carbons (Fsp3) is 0.353. The number of methoxy groups -OCH3 is 1. The maximum Gasteiger partial charge on any atom is 0.260 e. The van der Waals surface area contributed by atoms with Gasteiger partial charge in [0, 0.05) is 30.2 Å². The number of hydrogen-bond acceptors (Lipinski definition) is 7. The zero-order valence-electron chi connectivity index (χ0n) is 14.3. The highest BCUT2D eigenvalue weighted by atomic mass is 32.1. The van der Waals surface area contributed by atoms with Crippen molar-refractivity contribution in [1.82, 2.24) is 9.88 Å². The van der Waals surface area contributed by atoms with E-state index in [0.717, 1.165) is 0 Å². The van der Waals surface area contributed by atoms with Crippen molar-refractivity contribution in [2.45, 2.75) is 0 Å². The van der Waals surface area contributed by atoms with E-state index in [1.165, 1.54) is 18.4 Å². The molecule has 1 aliphatic rings. The Morgan fingerprint density at radius 1 is 1.31 bits per heavy atom.